The number of nitrogens with zero attached hydrogens (tertiary/aromatic N) is 1. The van der Waals surface area contributed by atoms with E-state index in [1.807, 2.05) is 6.92 Å². The lowest BCUT2D eigenvalue weighted by molar-refractivity contribution is -0.115. The first-order valence-electron chi connectivity index (χ1n) is 9.45. The molecule has 0 aliphatic carbocycles. The summed E-state index contributed by atoms with van der Waals surface area (Å²) in [6.07, 6.45) is 1.65. The lowest BCUT2D eigenvalue weighted by Crippen LogP contribution is -2.19. The van der Waals surface area contributed by atoms with E-state index in [0.29, 0.717) is 26.3 Å². The number of carbonyl (C=O) groups is 1. The van der Waals surface area contributed by atoms with Gasteiger partial charge >= 0.3 is 10.1 Å². The summed E-state index contributed by atoms with van der Waals surface area (Å²) >= 11 is 7.07. The monoisotopic (exact) mass is 484 g/mol. The molecule has 6 nitrogen and oxygen atoms in total. The molecule has 1 fully saturated rings. The van der Waals surface area contributed by atoms with Crippen molar-refractivity contribution in [3.8, 4) is 5.75 Å². The number of benzene rings is 3. The molecule has 1 aliphatic heterocycles. The smallest absolute Gasteiger partial charge is 0.339 e. The second kappa shape index (κ2) is 9.20. The third-order valence-corrected chi connectivity index (χ3v) is 6.80. The zero-order valence-electron chi connectivity index (χ0n) is 16.8. The highest BCUT2D eigenvalue weighted by molar-refractivity contribution is 8.18. The van der Waals surface area contributed by atoms with E-state index in [1.165, 1.54) is 23.9 Å². The Morgan fingerprint density at radius 1 is 1.03 bits per heavy atom. The molecule has 0 saturated carbocycles. The molecule has 1 aliphatic rings. The average Bonchev–Trinajstić information content (AvgIpc) is 3.08. The van der Waals surface area contributed by atoms with E-state index >= 15 is 0 Å². The normalized spacial score (nSPS) is 16.4. The molecular weight excluding hydrogens is 468 g/mol. The van der Waals surface area contributed by atoms with Gasteiger partial charge < -0.3 is 9.50 Å². The first-order valence-corrected chi connectivity index (χ1v) is 12.1. The van der Waals surface area contributed by atoms with Crippen LogP contribution in [0.5, 0.6) is 5.75 Å². The fraction of sp³-hybridized carbons (Fsp3) is 0.0435. The zero-order chi connectivity index (χ0) is 22.7. The summed E-state index contributed by atoms with van der Waals surface area (Å²) in [7, 11) is -3.97. The minimum Gasteiger partial charge on any atom is -0.379 e. The van der Waals surface area contributed by atoms with E-state index in [0.717, 1.165) is 5.56 Å². The Morgan fingerprint density at radius 3 is 2.47 bits per heavy atom. The molecule has 3 aromatic rings. The fourth-order valence-electron chi connectivity index (χ4n) is 2.80. The maximum atomic E-state index is 12.5. The first-order chi connectivity index (χ1) is 15.3. The number of amidine groups is 1. The molecule has 0 spiro atoms. The highest BCUT2D eigenvalue weighted by Gasteiger charge is 2.24. The number of halogens is 1. The number of hydrogen-bond donors (Lipinski definition) is 1. The van der Waals surface area contributed by atoms with Crippen LogP contribution in [0.1, 0.15) is 11.1 Å². The van der Waals surface area contributed by atoms with E-state index in [4.69, 9.17) is 15.8 Å². The predicted octanol–water partition coefficient (Wildman–Crippen LogP) is 5.31. The summed E-state index contributed by atoms with van der Waals surface area (Å²) in [5.41, 5.74) is 2.23. The van der Waals surface area contributed by atoms with Gasteiger partial charge in [-0.15, -0.1) is 0 Å². The molecule has 1 heterocycles. The number of amides is 1. The zero-order valence-corrected chi connectivity index (χ0v) is 19.2. The molecule has 3 aromatic carbocycles. The van der Waals surface area contributed by atoms with E-state index in [1.54, 1.807) is 66.7 Å². The molecule has 0 atom stereocenters. The fourth-order valence-corrected chi connectivity index (χ4v) is 4.69. The number of carbonyl (C=O) groups excluding carboxylic acids is 1. The van der Waals surface area contributed by atoms with Crippen molar-refractivity contribution < 1.29 is 17.4 Å². The molecule has 0 unspecified atom stereocenters. The Balaban J connectivity index is 1.52. The number of nitrogens with one attached hydrogen (secondary N) is 1. The Hall–Kier alpha value is -3.07. The van der Waals surface area contributed by atoms with Gasteiger partial charge in [0.25, 0.3) is 5.91 Å². The SMILES string of the molecule is Cc1ccc(S(=O)(=O)Oc2cccc(/C=C3\SC(=Nc4ccc(Cl)cc4)NC3=O)c2)cc1. The van der Waals surface area contributed by atoms with Gasteiger partial charge in [0.15, 0.2) is 5.17 Å². The molecule has 1 saturated heterocycles. The molecule has 1 N–H and O–H groups in total. The van der Waals surface area contributed by atoms with E-state index in [9.17, 15) is 13.2 Å². The van der Waals surface area contributed by atoms with Crippen LogP contribution in [0, 0.1) is 6.92 Å². The van der Waals surface area contributed by atoms with Crippen molar-refractivity contribution in [1.82, 2.24) is 5.32 Å². The minimum atomic E-state index is -3.97. The Bertz CT molecular complexity index is 1330. The lowest BCUT2D eigenvalue weighted by atomic mass is 10.2. The highest BCUT2D eigenvalue weighted by Crippen LogP contribution is 2.29. The van der Waals surface area contributed by atoms with Crippen molar-refractivity contribution >= 4 is 56.3 Å². The summed E-state index contributed by atoms with van der Waals surface area (Å²) in [4.78, 5) is 17.2. The number of hydrogen-bond acceptors (Lipinski definition) is 6. The van der Waals surface area contributed by atoms with Crippen LogP contribution in [0.2, 0.25) is 5.02 Å². The van der Waals surface area contributed by atoms with E-state index in [-0.39, 0.29) is 16.6 Å². The predicted molar refractivity (Wildman–Crippen MR) is 128 cm³/mol. The van der Waals surface area contributed by atoms with Crippen LogP contribution in [0.25, 0.3) is 6.08 Å². The third-order valence-electron chi connectivity index (χ3n) is 4.38. The number of thioether (sulfide) groups is 1. The molecule has 162 valence electrons. The molecule has 9 heteroatoms. The van der Waals surface area contributed by atoms with Gasteiger partial charge in [0.2, 0.25) is 0 Å². The number of aryl methyl sites for hydroxylation is 1. The van der Waals surface area contributed by atoms with Crippen LogP contribution in [0.15, 0.2) is 87.6 Å². The topological polar surface area (TPSA) is 84.8 Å². The van der Waals surface area contributed by atoms with Gasteiger partial charge in [0.05, 0.1) is 10.6 Å². The van der Waals surface area contributed by atoms with Crippen LogP contribution in [0.4, 0.5) is 5.69 Å². The molecule has 0 aromatic heterocycles. The van der Waals surface area contributed by atoms with Crippen LogP contribution in [-0.4, -0.2) is 19.5 Å². The largest absolute Gasteiger partial charge is 0.379 e. The van der Waals surface area contributed by atoms with Crippen molar-refractivity contribution in [3.63, 3.8) is 0 Å². The van der Waals surface area contributed by atoms with E-state index < -0.39 is 10.1 Å². The molecule has 1 amide bonds. The van der Waals surface area contributed by atoms with Crippen LogP contribution >= 0.6 is 23.4 Å². The summed E-state index contributed by atoms with van der Waals surface area (Å²) in [5.74, 6) is -0.139. The highest BCUT2D eigenvalue weighted by atomic mass is 35.5. The average molecular weight is 485 g/mol. The second-order valence-electron chi connectivity index (χ2n) is 6.88. The lowest BCUT2D eigenvalue weighted by Gasteiger charge is -2.08. The van der Waals surface area contributed by atoms with Crippen LogP contribution < -0.4 is 9.50 Å². The maximum Gasteiger partial charge on any atom is 0.339 e. The van der Waals surface area contributed by atoms with Crippen molar-refractivity contribution in [1.29, 1.82) is 0 Å². The van der Waals surface area contributed by atoms with Crippen LogP contribution in [0.3, 0.4) is 0 Å². The Labute approximate surface area is 195 Å². The standard InChI is InChI=1S/C23H17ClN2O4S2/c1-15-5-11-20(12-6-15)32(28,29)30-19-4-2-3-16(13-19)14-21-22(27)26-23(31-21)25-18-9-7-17(24)8-10-18/h2-14H,1H3,(H,25,26,27)/b21-14-. The molecule has 0 bridgehead atoms. The van der Waals surface area contributed by atoms with Gasteiger partial charge in [-0.2, -0.15) is 8.42 Å². The minimum absolute atomic E-state index is 0.0700. The molecule has 32 heavy (non-hydrogen) atoms. The summed E-state index contributed by atoms with van der Waals surface area (Å²) in [6, 6.07) is 19.8. The van der Waals surface area contributed by atoms with Crippen LogP contribution in [-0.2, 0) is 14.9 Å². The van der Waals surface area contributed by atoms with E-state index in [2.05, 4.69) is 10.3 Å². The van der Waals surface area contributed by atoms with Gasteiger partial charge in [-0.05, 0) is 78.9 Å². The Kier molecular flexibility index (Phi) is 6.36. The van der Waals surface area contributed by atoms with Gasteiger partial charge in [-0.25, -0.2) is 4.99 Å². The molecule has 0 radical (unpaired) electrons. The number of aliphatic imine (C=N–C) groups is 1. The van der Waals surface area contributed by atoms with Crippen molar-refractivity contribution in [2.45, 2.75) is 11.8 Å². The number of rotatable bonds is 5. The summed E-state index contributed by atoms with van der Waals surface area (Å²) < 4.78 is 30.3. The van der Waals surface area contributed by atoms with Gasteiger partial charge in [0.1, 0.15) is 10.6 Å². The third kappa shape index (κ3) is 5.40. The molecule has 4 rings (SSSR count). The van der Waals surface area contributed by atoms with Crippen molar-refractivity contribution in [2.75, 3.05) is 0 Å². The quantitative estimate of drug-likeness (QED) is 0.392. The summed E-state index contributed by atoms with van der Waals surface area (Å²) in [5, 5.41) is 3.76. The van der Waals surface area contributed by atoms with Gasteiger partial charge in [0, 0.05) is 5.02 Å². The first kappa shape index (κ1) is 22.1. The molecular formula is C23H17ClN2O4S2. The van der Waals surface area contributed by atoms with Gasteiger partial charge in [-0.1, -0.05) is 41.4 Å². The van der Waals surface area contributed by atoms with Gasteiger partial charge in [-0.3, -0.25) is 4.79 Å². The second-order valence-corrected chi connectivity index (χ2v) is 9.89. The van der Waals surface area contributed by atoms with Crippen molar-refractivity contribution in [3.05, 3.63) is 93.9 Å². The summed E-state index contributed by atoms with van der Waals surface area (Å²) in [6.45, 7) is 1.87. The Morgan fingerprint density at radius 2 is 1.75 bits per heavy atom. The van der Waals surface area contributed by atoms with Crippen molar-refractivity contribution in [2.24, 2.45) is 4.99 Å². The maximum absolute atomic E-state index is 12.5.